The topological polar surface area (TPSA) is 32.3 Å². The Hall–Kier alpha value is -2.36. The van der Waals surface area contributed by atoms with Crippen LogP contribution in [-0.4, -0.2) is 12.5 Å². The molecule has 0 saturated carbocycles. The minimum Gasteiger partial charge on any atom is -0.383 e. The molecule has 0 saturated heterocycles. The van der Waals surface area contributed by atoms with Crippen molar-refractivity contribution >= 4 is 17.3 Å². The van der Waals surface area contributed by atoms with Gasteiger partial charge in [0.1, 0.15) is 5.82 Å². The van der Waals surface area contributed by atoms with Crippen molar-refractivity contribution in [1.82, 2.24) is 0 Å². The molecule has 2 aromatic rings. The van der Waals surface area contributed by atoms with Crippen LogP contribution in [0.2, 0.25) is 0 Å². The van der Waals surface area contributed by atoms with Crippen molar-refractivity contribution in [2.75, 3.05) is 16.8 Å². The molecule has 2 aromatic carbocycles. The SMILES string of the molecule is C[C@H]1CNc2ccccc2N(Cc2ccccc2F)C1=O. The molecule has 108 valence electrons. The van der Waals surface area contributed by atoms with Crippen molar-refractivity contribution in [3.05, 3.63) is 59.9 Å². The van der Waals surface area contributed by atoms with Crippen LogP contribution in [0.4, 0.5) is 15.8 Å². The Morgan fingerprint density at radius 3 is 2.71 bits per heavy atom. The van der Waals surface area contributed by atoms with Gasteiger partial charge in [-0.15, -0.1) is 0 Å². The van der Waals surface area contributed by atoms with Crippen LogP contribution in [0.3, 0.4) is 0 Å². The number of hydrogen-bond acceptors (Lipinski definition) is 2. The average Bonchev–Trinajstić information content (AvgIpc) is 2.62. The number of benzene rings is 2. The Bertz CT molecular complexity index is 671. The van der Waals surface area contributed by atoms with E-state index >= 15 is 0 Å². The molecule has 1 atom stereocenters. The van der Waals surface area contributed by atoms with Gasteiger partial charge in [-0.05, 0) is 18.2 Å². The van der Waals surface area contributed by atoms with E-state index in [1.54, 1.807) is 23.1 Å². The van der Waals surface area contributed by atoms with E-state index in [0.717, 1.165) is 11.4 Å². The molecule has 1 amide bonds. The summed E-state index contributed by atoms with van der Waals surface area (Å²) in [5, 5.41) is 3.28. The van der Waals surface area contributed by atoms with Crippen LogP contribution in [-0.2, 0) is 11.3 Å². The summed E-state index contributed by atoms with van der Waals surface area (Å²) in [4.78, 5) is 14.3. The average molecular weight is 284 g/mol. The number of hydrogen-bond donors (Lipinski definition) is 1. The summed E-state index contributed by atoms with van der Waals surface area (Å²) < 4.78 is 13.9. The predicted octanol–water partition coefficient (Wildman–Crippen LogP) is 3.42. The molecular weight excluding hydrogens is 267 g/mol. The third-order valence-electron chi connectivity index (χ3n) is 3.77. The van der Waals surface area contributed by atoms with E-state index in [4.69, 9.17) is 0 Å². The molecule has 1 heterocycles. The summed E-state index contributed by atoms with van der Waals surface area (Å²) in [6, 6.07) is 14.2. The van der Waals surface area contributed by atoms with Gasteiger partial charge in [0.25, 0.3) is 0 Å². The molecule has 1 aliphatic heterocycles. The predicted molar refractivity (Wildman–Crippen MR) is 81.7 cm³/mol. The second-order valence-corrected chi connectivity index (χ2v) is 5.31. The van der Waals surface area contributed by atoms with E-state index in [2.05, 4.69) is 5.32 Å². The van der Waals surface area contributed by atoms with Crippen LogP contribution in [0.15, 0.2) is 48.5 Å². The van der Waals surface area contributed by atoms with Crippen molar-refractivity contribution in [3.8, 4) is 0 Å². The number of nitrogens with zero attached hydrogens (tertiary/aromatic N) is 1. The van der Waals surface area contributed by atoms with E-state index < -0.39 is 0 Å². The molecule has 0 aromatic heterocycles. The largest absolute Gasteiger partial charge is 0.383 e. The highest BCUT2D eigenvalue weighted by atomic mass is 19.1. The lowest BCUT2D eigenvalue weighted by molar-refractivity contribution is -0.121. The summed E-state index contributed by atoms with van der Waals surface area (Å²) in [5.41, 5.74) is 2.23. The summed E-state index contributed by atoms with van der Waals surface area (Å²) in [6.07, 6.45) is 0. The number of carbonyl (C=O) groups is 1. The Balaban J connectivity index is 2.01. The van der Waals surface area contributed by atoms with E-state index in [0.29, 0.717) is 12.1 Å². The van der Waals surface area contributed by atoms with Gasteiger partial charge in [0.05, 0.1) is 23.8 Å². The van der Waals surface area contributed by atoms with Crippen LogP contribution in [0.1, 0.15) is 12.5 Å². The van der Waals surface area contributed by atoms with Gasteiger partial charge in [-0.3, -0.25) is 4.79 Å². The van der Waals surface area contributed by atoms with E-state index in [1.165, 1.54) is 6.07 Å². The summed E-state index contributed by atoms with van der Waals surface area (Å²) in [5.74, 6) is -0.424. The molecule has 3 nitrogen and oxygen atoms in total. The molecular formula is C17H17FN2O. The fourth-order valence-electron chi connectivity index (χ4n) is 2.55. The normalized spacial score (nSPS) is 17.9. The van der Waals surface area contributed by atoms with Crippen LogP contribution >= 0.6 is 0 Å². The van der Waals surface area contributed by atoms with E-state index in [-0.39, 0.29) is 24.2 Å². The smallest absolute Gasteiger partial charge is 0.231 e. The molecule has 3 rings (SSSR count). The highest BCUT2D eigenvalue weighted by Gasteiger charge is 2.27. The molecule has 21 heavy (non-hydrogen) atoms. The molecule has 0 spiro atoms. The number of rotatable bonds is 2. The molecule has 1 N–H and O–H groups in total. The highest BCUT2D eigenvalue weighted by Crippen LogP contribution is 2.31. The Labute approximate surface area is 123 Å². The lowest BCUT2D eigenvalue weighted by atomic mass is 10.1. The number of fused-ring (bicyclic) bond motifs is 1. The Morgan fingerprint density at radius 1 is 1.19 bits per heavy atom. The second kappa shape index (κ2) is 5.56. The number of carbonyl (C=O) groups excluding carboxylic acids is 1. The fraction of sp³-hybridized carbons (Fsp3) is 0.235. The van der Waals surface area contributed by atoms with Crippen molar-refractivity contribution in [2.24, 2.45) is 5.92 Å². The standard InChI is InChI=1S/C17H17FN2O/c1-12-10-19-15-8-4-5-9-16(15)20(17(12)21)11-13-6-2-3-7-14(13)18/h2-9,12,19H,10-11H2,1H3/t12-/m0/s1. The summed E-state index contributed by atoms with van der Waals surface area (Å²) in [6.45, 7) is 2.72. The van der Waals surface area contributed by atoms with Gasteiger partial charge >= 0.3 is 0 Å². The molecule has 0 aliphatic carbocycles. The van der Waals surface area contributed by atoms with Gasteiger partial charge in [-0.25, -0.2) is 4.39 Å². The van der Waals surface area contributed by atoms with Crippen LogP contribution in [0.5, 0.6) is 0 Å². The van der Waals surface area contributed by atoms with Crippen LogP contribution in [0, 0.1) is 11.7 Å². The van der Waals surface area contributed by atoms with E-state index in [9.17, 15) is 9.18 Å². The zero-order valence-corrected chi connectivity index (χ0v) is 11.8. The molecule has 0 radical (unpaired) electrons. The molecule has 0 fully saturated rings. The first-order valence-electron chi connectivity index (χ1n) is 7.04. The third-order valence-corrected chi connectivity index (χ3v) is 3.77. The fourth-order valence-corrected chi connectivity index (χ4v) is 2.55. The Kier molecular flexibility index (Phi) is 3.60. The van der Waals surface area contributed by atoms with Gasteiger partial charge in [-0.1, -0.05) is 37.3 Å². The van der Waals surface area contributed by atoms with Gasteiger partial charge in [0.15, 0.2) is 0 Å². The summed E-state index contributed by atoms with van der Waals surface area (Å²) >= 11 is 0. The first-order chi connectivity index (χ1) is 10.2. The number of halogens is 1. The third kappa shape index (κ3) is 2.61. The quantitative estimate of drug-likeness (QED) is 0.916. The van der Waals surface area contributed by atoms with Gasteiger partial charge in [-0.2, -0.15) is 0 Å². The monoisotopic (exact) mass is 284 g/mol. The minimum atomic E-state index is -0.285. The number of para-hydroxylation sites is 2. The van der Waals surface area contributed by atoms with Crippen molar-refractivity contribution in [3.63, 3.8) is 0 Å². The molecule has 1 aliphatic rings. The lowest BCUT2D eigenvalue weighted by Gasteiger charge is -2.24. The molecule has 0 unspecified atom stereocenters. The maximum atomic E-state index is 13.9. The second-order valence-electron chi connectivity index (χ2n) is 5.31. The number of nitrogens with one attached hydrogen (secondary N) is 1. The zero-order chi connectivity index (χ0) is 14.8. The maximum Gasteiger partial charge on any atom is 0.231 e. The van der Waals surface area contributed by atoms with Gasteiger partial charge in [0.2, 0.25) is 5.91 Å². The first kappa shape index (κ1) is 13.6. The van der Waals surface area contributed by atoms with Gasteiger partial charge < -0.3 is 10.2 Å². The summed E-state index contributed by atoms with van der Waals surface area (Å²) in [7, 11) is 0. The van der Waals surface area contributed by atoms with Crippen molar-refractivity contribution in [2.45, 2.75) is 13.5 Å². The van der Waals surface area contributed by atoms with Crippen molar-refractivity contribution in [1.29, 1.82) is 0 Å². The highest BCUT2D eigenvalue weighted by molar-refractivity contribution is 5.99. The zero-order valence-electron chi connectivity index (χ0n) is 11.8. The number of amides is 1. The number of anilines is 2. The van der Waals surface area contributed by atoms with Crippen LogP contribution < -0.4 is 10.2 Å². The minimum absolute atomic E-state index is 0.00991. The Morgan fingerprint density at radius 2 is 1.90 bits per heavy atom. The first-order valence-corrected chi connectivity index (χ1v) is 7.04. The lowest BCUT2D eigenvalue weighted by Crippen LogP contribution is -2.35. The molecule has 0 bridgehead atoms. The van der Waals surface area contributed by atoms with Crippen molar-refractivity contribution < 1.29 is 9.18 Å². The molecule has 4 heteroatoms. The van der Waals surface area contributed by atoms with E-state index in [1.807, 2.05) is 31.2 Å². The van der Waals surface area contributed by atoms with Crippen LogP contribution in [0.25, 0.3) is 0 Å². The maximum absolute atomic E-state index is 13.9. The van der Waals surface area contributed by atoms with Gasteiger partial charge in [0, 0.05) is 12.1 Å².